The lowest BCUT2D eigenvalue weighted by atomic mass is 10.1. The zero-order chi connectivity index (χ0) is 17.2. The Bertz CT molecular complexity index is 801. The van der Waals surface area contributed by atoms with Crippen molar-refractivity contribution in [1.29, 1.82) is 0 Å². The molecule has 0 unspecified atom stereocenters. The summed E-state index contributed by atoms with van der Waals surface area (Å²) in [5.41, 5.74) is 1.13. The number of pyridine rings is 1. The molecule has 0 saturated carbocycles. The van der Waals surface area contributed by atoms with Gasteiger partial charge in [-0.2, -0.15) is 0 Å². The lowest BCUT2D eigenvalue weighted by Crippen LogP contribution is -2.50. The molecule has 1 fully saturated rings. The first kappa shape index (κ1) is 15.4. The first-order valence-corrected chi connectivity index (χ1v) is 8.10. The highest BCUT2D eigenvalue weighted by atomic mass is 16.7. The molecule has 7 nitrogen and oxygen atoms in total. The molecule has 0 radical (unpaired) electrons. The average Bonchev–Trinajstić information content (AvgIpc) is 3.15. The summed E-state index contributed by atoms with van der Waals surface area (Å²) in [6.07, 6.45) is 3.20. The summed E-state index contributed by atoms with van der Waals surface area (Å²) >= 11 is 0. The number of hydrogen-bond acceptors (Lipinski definition) is 5. The standard InChI is InChI=1S/C18H17N3O4/c22-17(13-3-4-15-16(10-13)25-12-24-15)20-6-8-21(9-7-20)18(23)14-2-1-5-19-11-14/h1-5,10-11H,6-9,12H2. The van der Waals surface area contributed by atoms with Gasteiger partial charge in [0.25, 0.3) is 11.8 Å². The maximum absolute atomic E-state index is 12.7. The molecule has 0 atom stereocenters. The Labute approximate surface area is 144 Å². The van der Waals surface area contributed by atoms with E-state index in [-0.39, 0.29) is 18.6 Å². The monoisotopic (exact) mass is 339 g/mol. The number of fused-ring (bicyclic) bond motifs is 1. The van der Waals surface area contributed by atoms with Gasteiger partial charge in [0, 0.05) is 44.1 Å². The van der Waals surface area contributed by atoms with Gasteiger partial charge in [0.2, 0.25) is 6.79 Å². The molecule has 2 aromatic rings. The van der Waals surface area contributed by atoms with Crippen LogP contribution in [0.3, 0.4) is 0 Å². The predicted molar refractivity (Wildman–Crippen MR) is 88.6 cm³/mol. The summed E-state index contributed by atoms with van der Waals surface area (Å²) < 4.78 is 10.6. The molecule has 1 aromatic heterocycles. The summed E-state index contributed by atoms with van der Waals surface area (Å²) in [7, 11) is 0. The van der Waals surface area contributed by atoms with Crippen molar-refractivity contribution in [2.45, 2.75) is 0 Å². The second-order valence-electron chi connectivity index (χ2n) is 5.89. The Morgan fingerprint density at radius 1 is 0.880 bits per heavy atom. The molecule has 0 N–H and O–H groups in total. The molecule has 1 aromatic carbocycles. The Morgan fingerprint density at radius 2 is 1.56 bits per heavy atom. The van der Waals surface area contributed by atoms with Crippen LogP contribution < -0.4 is 9.47 Å². The van der Waals surface area contributed by atoms with Crippen molar-refractivity contribution in [3.05, 3.63) is 53.9 Å². The Kier molecular flexibility index (Phi) is 3.97. The second-order valence-corrected chi connectivity index (χ2v) is 5.89. The first-order valence-electron chi connectivity index (χ1n) is 8.10. The average molecular weight is 339 g/mol. The topological polar surface area (TPSA) is 72.0 Å². The van der Waals surface area contributed by atoms with Crippen LogP contribution in [0.15, 0.2) is 42.7 Å². The van der Waals surface area contributed by atoms with Crippen molar-refractivity contribution in [2.75, 3.05) is 33.0 Å². The van der Waals surface area contributed by atoms with Crippen molar-refractivity contribution in [3.8, 4) is 11.5 Å². The Hall–Kier alpha value is -3.09. The van der Waals surface area contributed by atoms with Crippen LogP contribution in [-0.4, -0.2) is 59.6 Å². The number of carbonyl (C=O) groups is 2. The SMILES string of the molecule is O=C(c1cccnc1)N1CCN(C(=O)c2ccc3c(c2)OCO3)CC1. The molecule has 0 aliphatic carbocycles. The van der Waals surface area contributed by atoms with Gasteiger partial charge < -0.3 is 19.3 Å². The largest absolute Gasteiger partial charge is 0.454 e. The summed E-state index contributed by atoms with van der Waals surface area (Å²) in [5.74, 6) is 1.13. The van der Waals surface area contributed by atoms with Crippen LogP contribution in [0, 0.1) is 0 Å². The quantitative estimate of drug-likeness (QED) is 0.827. The highest BCUT2D eigenvalue weighted by Gasteiger charge is 2.26. The fraction of sp³-hybridized carbons (Fsp3) is 0.278. The minimum atomic E-state index is -0.0632. The van der Waals surface area contributed by atoms with Gasteiger partial charge >= 0.3 is 0 Å². The molecule has 7 heteroatoms. The van der Waals surface area contributed by atoms with Gasteiger partial charge in [-0.15, -0.1) is 0 Å². The fourth-order valence-corrected chi connectivity index (χ4v) is 3.00. The number of nitrogens with zero attached hydrogens (tertiary/aromatic N) is 3. The van der Waals surface area contributed by atoms with Crippen molar-refractivity contribution < 1.29 is 19.1 Å². The molecule has 2 aliphatic rings. The highest BCUT2D eigenvalue weighted by Crippen LogP contribution is 2.32. The minimum Gasteiger partial charge on any atom is -0.454 e. The lowest BCUT2D eigenvalue weighted by molar-refractivity contribution is 0.0535. The van der Waals surface area contributed by atoms with E-state index in [1.807, 2.05) is 0 Å². The zero-order valence-electron chi connectivity index (χ0n) is 13.6. The highest BCUT2D eigenvalue weighted by molar-refractivity contribution is 5.96. The summed E-state index contributed by atoms with van der Waals surface area (Å²) in [6, 6.07) is 8.69. The van der Waals surface area contributed by atoms with E-state index in [0.29, 0.717) is 48.8 Å². The number of benzene rings is 1. The van der Waals surface area contributed by atoms with Crippen molar-refractivity contribution in [3.63, 3.8) is 0 Å². The van der Waals surface area contributed by atoms with Crippen LogP contribution >= 0.6 is 0 Å². The van der Waals surface area contributed by atoms with Gasteiger partial charge in [0.05, 0.1) is 5.56 Å². The minimum absolute atomic E-state index is 0.0525. The van der Waals surface area contributed by atoms with Crippen molar-refractivity contribution in [2.24, 2.45) is 0 Å². The van der Waals surface area contributed by atoms with Gasteiger partial charge in [-0.25, -0.2) is 0 Å². The van der Waals surface area contributed by atoms with Gasteiger partial charge in [0.1, 0.15) is 0 Å². The molecular formula is C18H17N3O4. The van der Waals surface area contributed by atoms with Gasteiger partial charge in [-0.1, -0.05) is 0 Å². The van der Waals surface area contributed by atoms with E-state index in [4.69, 9.17) is 9.47 Å². The van der Waals surface area contributed by atoms with Crippen molar-refractivity contribution >= 4 is 11.8 Å². The van der Waals surface area contributed by atoms with Crippen LogP contribution in [-0.2, 0) is 0 Å². The normalized spacial score (nSPS) is 16.0. The number of piperazine rings is 1. The molecule has 3 heterocycles. The molecule has 2 amide bonds. The van der Waals surface area contributed by atoms with E-state index >= 15 is 0 Å². The number of rotatable bonds is 2. The van der Waals surface area contributed by atoms with Crippen molar-refractivity contribution in [1.82, 2.24) is 14.8 Å². The van der Waals surface area contributed by atoms with Crippen LogP contribution in [0.25, 0.3) is 0 Å². The van der Waals surface area contributed by atoms with E-state index in [1.165, 1.54) is 0 Å². The fourth-order valence-electron chi connectivity index (χ4n) is 3.00. The molecule has 0 spiro atoms. The smallest absolute Gasteiger partial charge is 0.255 e. The summed E-state index contributed by atoms with van der Waals surface area (Å²) in [6.45, 7) is 2.19. The number of aromatic nitrogens is 1. The lowest BCUT2D eigenvalue weighted by Gasteiger charge is -2.34. The zero-order valence-corrected chi connectivity index (χ0v) is 13.6. The predicted octanol–water partition coefficient (Wildman–Crippen LogP) is 1.41. The van der Waals surface area contributed by atoms with E-state index in [9.17, 15) is 9.59 Å². The third-order valence-electron chi connectivity index (χ3n) is 4.38. The Morgan fingerprint density at radius 3 is 2.24 bits per heavy atom. The molecule has 4 rings (SSSR count). The summed E-state index contributed by atoms with van der Waals surface area (Å²) in [5, 5.41) is 0. The van der Waals surface area contributed by atoms with E-state index in [2.05, 4.69) is 4.98 Å². The maximum Gasteiger partial charge on any atom is 0.255 e. The molecule has 1 saturated heterocycles. The van der Waals surface area contributed by atoms with Crippen LogP contribution in [0.2, 0.25) is 0 Å². The van der Waals surface area contributed by atoms with Gasteiger partial charge in [-0.3, -0.25) is 14.6 Å². The maximum atomic E-state index is 12.7. The molecule has 2 aliphatic heterocycles. The van der Waals surface area contributed by atoms with E-state index in [1.54, 1.807) is 52.5 Å². The molecule has 128 valence electrons. The van der Waals surface area contributed by atoms with Gasteiger partial charge in [0.15, 0.2) is 11.5 Å². The third kappa shape index (κ3) is 3.00. The number of carbonyl (C=O) groups excluding carboxylic acids is 2. The second kappa shape index (κ2) is 6.43. The first-order chi connectivity index (χ1) is 12.2. The van der Waals surface area contributed by atoms with Crippen LogP contribution in [0.1, 0.15) is 20.7 Å². The van der Waals surface area contributed by atoms with E-state index < -0.39 is 0 Å². The van der Waals surface area contributed by atoms with Crippen LogP contribution in [0.5, 0.6) is 11.5 Å². The van der Waals surface area contributed by atoms with Gasteiger partial charge in [-0.05, 0) is 30.3 Å². The molecule has 25 heavy (non-hydrogen) atoms. The summed E-state index contributed by atoms with van der Waals surface area (Å²) in [4.78, 5) is 32.6. The van der Waals surface area contributed by atoms with E-state index in [0.717, 1.165) is 0 Å². The number of ether oxygens (including phenoxy) is 2. The number of hydrogen-bond donors (Lipinski definition) is 0. The molecular weight excluding hydrogens is 322 g/mol. The number of amides is 2. The third-order valence-corrected chi connectivity index (χ3v) is 4.38. The molecule has 0 bridgehead atoms. The van der Waals surface area contributed by atoms with Crippen LogP contribution in [0.4, 0.5) is 0 Å². The Balaban J connectivity index is 1.40.